The lowest BCUT2D eigenvalue weighted by Crippen LogP contribution is -2.09. The zero-order valence-corrected chi connectivity index (χ0v) is 9.41. The van der Waals surface area contributed by atoms with Gasteiger partial charge in [-0.1, -0.05) is 5.16 Å². The number of aromatic nitrogens is 2. The van der Waals surface area contributed by atoms with Crippen LogP contribution in [0.15, 0.2) is 22.7 Å². The first-order valence-electron chi connectivity index (χ1n) is 5.23. The summed E-state index contributed by atoms with van der Waals surface area (Å²) >= 11 is 0. The van der Waals surface area contributed by atoms with Crippen LogP contribution in [0.1, 0.15) is 12.2 Å². The number of alkyl halides is 3. The molecule has 0 spiro atoms. The van der Waals surface area contributed by atoms with Crippen molar-refractivity contribution in [3.8, 4) is 17.2 Å². The predicted molar refractivity (Wildman–Crippen MR) is 55.7 cm³/mol. The molecule has 0 amide bonds. The third kappa shape index (κ3) is 3.43. The molecule has 1 heterocycles. The van der Waals surface area contributed by atoms with Crippen molar-refractivity contribution in [1.82, 2.24) is 10.1 Å². The van der Waals surface area contributed by atoms with Crippen LogP contribution in [0.3, 0.4) is 0 Å². The average Bonchev–Trinajstić information content (AvgIpc) is 2.74. The summed E-state index contributed by atoms with van der Waals surface area (Å²) in [4.78, 5) is 3.71. The van der Waals surface area contributed by atoms with Crippen LogP contribution in [0.5, 0.6) is 5.75 Å². The minimum Gasteiger partial charge on any atom is -0.507 e. The first-order chi connectivity index (χ1) is 8.85. The van der Waals surface area contributed by atoms with Crippen LogP contribution in [0.25, 0.3) is 11.5 Å². The van der Waals surface area contributed by atoms with Gasteiger partial charge in [0.15, 0.2) is 5.82 Å². The molecule has 4 nitrogen and oxygen atoms in total. The van der Waals surface area contributed by atoms with Crippen molar-refractivity contribution in [2.75, 3.05) is 0 Å². The van der Waals surface area contributed by atoms with Gasteiger partial charge >= 0.3 is 6.18 Å². The number of halogens is 4. The van der Waals surface area contributed by atoms with Gasteiger partial charge in [0, 0.05) is 12.5 Å². The van der Waals surface area contributed by atoms with Gasteiger partial charge < -0.3 is 9.63 Å². The molecule has 0 fully saturated rings. The summed E-state index contributed by atoms with van der Waals surface area (Å²) in [5.74, 6) is -1.37. The summed E-state index contributed by atoms with van der Waals surface area (Å²) in [6.07, 6.45) is -5.80. The van der Waals surface area contributed by atoms with E-state index < -0.39 is 30.6 Å². The molecule has 0 atom stereocenters. The minimum absolute atomic E-state index is 0.0622. The van der Waals surface area contributed by atoms with Crippen LogP contribution >= 0.6 is 0 Å². The highest BCUT2D eigenvalue weighted by Crippen LogP contribution is 2.29. The zero-order chi connectivity index (χ0) is 14.0. The van der Waals surface area contributed by atoms with E-state index in [1.807, 2.05) is 0 Å². The Morgan fingerprint density at radius 3 is 2.63 bits per heavy atom. The topological polar surface area (TPSA) is 59.2 Å². The standard InChI is InChI=1S/C11H8F4N2O2/c12-6-1-2-7(8(18)5-6)10-16-9(17-19-10)3-4-11(13,14)15/h1-2,5,18H,3-4H2. The van der Waals surface area contributed by atoms with E-state index in [1.165, 1.54) is 6.07 Å². The minimum atomic E-state index is -4.31. The lowest BCUT2D eigenvalue weighted by molar-refractivity contribution is -0.134. The molecular formula is C11H8F4N2O2. The number of phenolic OH excluding ortho intramolecular Hbond substituents is 1. The number of benzene rings is 1. The first kappa shape index (κ1) is 13.3. The fourth-order valence-electron chi connectivity index (χ4n) is 1.40. The predicted octanol–water partition coefficient (Wildman–Crippen LogP) is 3.08. The van der Waals surface area contributed by atoms with E-state index in [1.54, 1.807) is 0 Å². The van der Waals surface area contributed by atoms with Crippen molar-refractivity contribution in [3.05, 3.63) is 29.8 Å². The molecule has 0 saturated carbocycles. The molecule has 0 aliphatic carbocycles. The fraction of sp³-hybridized carbons (Fsp3) is 0.273. The number of nitrogens with zero attached hydrogens (tertiary/aromatic N) is 2. The molecule has 19 heavy (non-hydrogen) atoms. The average molecular weight is 276 g/mol. The largest absolute Gasteiger partial charge is 0.507 e. The van der Waals surface area contributed by atoms with E-state index in [2.05, 4.69) is 10.1 Å². The quantitative estimate of drug-likeness (QED) is 0.875. The van der Waals surface area contributed by atoms with Crippen LogP contribution in [0.2, 0.25) is 0 Å². The maximum Gasteiger partial charge on any atom is 0.389 e. The summed E-state index contributed by atoms with van der Waals surface area (Å²) in [6, 6.07) is 3.11. The van der Waals surface area contributed by atoms with Crippen LogP contribution < -0.4 is 0 Å². The van der Waals surface area contributed by atoms with Gasteiger partial charge in [-0.25, -0.2) is 4.39 Å². The molecular weight excluding hydrogens is 268 g/mol. The highest BCUT2D eigenvalue weighted by molar-refractivity contribution is 5.61. The number of aryl methyl sites for hydroxylation is 1. The molecule has 0 aliphatic rings. The van der Waals surface area contributed by atoms with Crippen LogP contribution in [0, 0.1) is 5.82 Å². The van der Waals surface area contributed by atoms with Gasteiger partial charge in [0.25, 0.3) is 5.89 Å². The second kappa shape index (κ2) is 4.87. The molecule has 0 bridgehead atoms. The number of hydrogen-bond donors (Lipinski definition) is 1. The summed E-state index contributed by atoms with van der Waals surface area (Å²) in [6.45, 7) is 0. The highest BCUT2D eigenvalue weighted by Gasteiger charge is 2.27. The smallest absolute Gasteiger partial charge is 0.389 e. The van der Waals surface area contributed by atoms with Gasteiger partial charge in [-0.15, -0.1) is 0 Å². The Hall–Kier alpha value is -2.12. The van der Waals surface area contributed by atoms with E-state index in [0.29, 0.717) is 0 Å². The second-order valence-electron chi connectivity index (χ2n) is 3.79. The van der Waals surface area contributed by atoms with Crippen LogP contribution in [-0.2, 0) is 6.42 Å². The van der Waals surface area contributed by atoms with E-state index in [0.717, 1.165) is 12.1 Å². The lowest BCUT2D eigenvalue weighted by Gasteiger charge is -2.01. The van der Waals surface area contributed by atoms with E-state index in [-0.39, 0.29) is 17.3 Å². The van der Waals surface area contributed by atoms with Crippen LogP contribution in [-0.4, -0.2) is 21.4 Å². The van der Waals surface area contributed by atoms with Crippen molar-refractivity contribution >= 4 is 0 Å². The Morgan fingerprint density at radius 1 is 1.26 bits per heavy atom. The SMILES string of the molecule is Oc1cc(F)ccc1-c1nc(CCC(F)(F)F)no1. The Balaban J connectivity index is 2.16. The summed E-state index contributed by atoms with van der Waals surface area (Å²) in [5.41, 5.74) is 0.0622. The summed E-state index contributed by atoms with van der Waals surface area (Å²) < 4.78 is 53.5. The first-order valence-corrected chi connectivity index (χ1v) is 5.23. The van der Waals surface area contributed by atoms with E-state index in [4.69, 9.17) is 4.52 Å². The lowest BCUT2D eigenvalue weighted by atomic mass is 10.2. The van der Waals surface area contributed by atoms with Crippen LogP contribution in [0.4, 0.5) is 17.6 Å². The molecule has 0 unspecified atom stereocenters. The molecule has 1 N–H and O–H groups in total. The van der Waals surface area contributed by atoms with E-state index >= 15 is 0 Å². The molecule has 102 valence electrons. The molecule has 0 radical (unpaired) electrons. The maximum atomic E-state index is 12.8. The molecule has 0 aliphatic heterocycles. The molecule has 2 aromatic rings. The number of aromatic hydroxyl groups is 1. The van der Waals surface area contributed by atoms with Crippen molar-refractivity contribution in [2.24, 2.45) is 0 Å². The van der Waals surface area contributed by atoms with Crippen molar-refractivity contribution in [3.63, 3.8) is 0 Å². The second-order valence-corrected chi connectivity index (χ2v) is 3.79. The Bertz CT molecular complexity index is 580. The molecule has 0 saturated heterocycles. The van der Waals surface area contributed by atoms with E-state index in [9.17, 15) is 22.7 Å². The van der Waals surface area contributed by atoms with Gasteiger partial charge in [0.2, 0.25) is 0 Å². The third-order valence-corrected chi connectivity index (χ3v) is 2.29. The van der Waals surface area contributed by atoms with Gasteiger partial charge in [-0.05, 0) is 12.1 Å². The molecule has 1 aromatic carbocycles. The molecule has 2 rings (SSSR count). The Labute approximate surface area is 104 Å². The van der Waals surface area contributed by atoms with Gasteiger partial charge in [0.1, 0.15) is 11.6 Å². The normalized spacial score (nSPS) is 11.8. The van der Waals surface area contributed by atoms with Gasteiger partial charge in [0.05, 0.1) is 12.0 Å². The van der Waals surface area contributed by atoms with Gasteiger partial charge in [-0.3, -0.25) is 0 Å². The third-order valence-electron chi connectivity index (χ3n) is 2.29. The maximum absolute atomic E-state index is 12.8. The summed E-state index contributed by atoms with van der Waals surface area (Å²) in [7, 11) is 0. The fourth-order valence-corrected chi connectivity index (χ4v) is 1.40. The van der Waals surface area contributed by atoms with Crippen molar-refractivity contribution < 1.29 is 27.2 Å². The van der Waals surface area contributed by atoms with Crippen molar-refractivity contribution in [1.29, 1.82) is 0 Å². The number of phenols is 1. The highest BCUT2D eigenvalue weighted by atomic mass is 19.4. The molecule has 8 heteroatoms. The number of hydrogen-bond acceptors (Lipinski definition) is 4. The summed E-state index contributed by atoms with van der Waals surface area (Å²) in [5, 5.41) is 12.8. The molecule has 1 aromatic heterocycles. The Morgan fingerprint density at radius 2 is 2.00 bits per heavy atom. The Kier molecular flexibility index (Phi) is 3.41. The number of rotatable bonds is 3. The monoisotopic (exact) mass is 276 g/mol. The van der Waals surface area contributed by atoms with Gasteiger partial charge in [-0.2, -0.15) is 18.2 Å². The zero-order valence-electron chi connectivity index (χ0n) is 9.41. The van der Waals surface area contributed by atoms with Crippen molar-refractivity contribution in [2.45, 2.75) is 19.0 Å².